The third kappa shape index (κ3) is 6.51. The number of nitrogens with two attached hydrogens (primary N) is 1. The molecule has 0 radical (unpaired) electrons. The summed E-state index contributed by atoms with van der Waals surface area (Å²) in [7, 11) is -16.8. The van der Waals surface area contributed by atoms with Gasteiger partial charge in [-0.05, 0) is 13.8 Å². The summed E-state index contributed by atoms with van der Waals surface area (Å²) in [5.74, 6) is 0.116. The molecule has 0 aromatic rings. The molecule has 2 aliphatic rings. The van der Waals surface area contributed by atoms with Gasteiger partial charge in [0.15, 0.2) is 12.4 Å². The van der Waals surface area contributed by atoms with E-state index in [0.717, 1.165) is 11.8 Å². The van der Waals surface area contributed by atoms with Gasteiger partial charge in [0.1, 0.15) is 23.4 Å². The number of aliphatic hydroxyl groups is 1. The standard InChI is InChI=1S/C12H21FN3O12P3/c1-6-4-16(7(2)15-10(6)14)11-8(13)9(17)12(3,26-11)5-25-30(21,22)28-31(23,24)27-29(18,19)20/h4,8-9,11,17H,2,5H2,1,3H3,(H2,14,15)(H,21,22)(H,23,24)(H2,18,19,20)/t8?,9-,11-,12-/m1/s1. The van der Waals surface area contributed by atoms with Crippen molar-refractivity contribution in [2.24, 2.45) is 10.7 Å². The average molecular weight is 511 g/mol. The van der Waals surface area contributed by atoms with Crippen LogP contribution in [0.5, 0.6) is 0 Å². The minimum atomic E-state index is -5.73. The number of hydrogen-bond acceptors (Lipinski definition) is 11. The Morgan fingerprint density at radius 2 is 1.87 bits per heavy atom. The van der Waals surface area contributed by atoms with Gasteiger partial charge in [0.25, 0.3) is 0 Å². The van der Waals surface area contributed by atoms with Crippen molar-refractivity contribution in [1.82, 2.24) is 4.90 Å². The maximum absolute atomic E-state index is 14.8. The minimum absolute atomic E-state index is 0.0138. The molecule has 3 unspecified atom stereocenters. The topological polar surface area (TPSA) is 231 Å². The molecule has 0 aromatic carbocycles. The summed E-state index contributed by atoms with van der Waals surface area (Å²) in [5.41, 5.74) is 4.11. The lowest BCUT2D eigenvalue weighted by Crippen LogP contribution is -2.43. The normalized spacial score (nSPS) is 33.5. The number of ether oxygens (including phenoxy) is 1. The van der Waals surface area contributed by atoms with Gasteiger partial charge in [-0.1, -0.05) is 6.58 Å². The summed E-state index contributed by atoms with van der Waals surface area (Å²) in [6.07, 6.45) is -4.15. The zero-order valence-corrected chi connectivity index (χ0v) is 18.7. The maximum Gasteiger partial charge on any atom is 0.490 e. The van der Waals surface area contributed by atoms with Gasteiger partial charge < -0.3 is 40.1 Å². The largest absolute Gasteiger partial charge is 0.490 e. The molecule has 6 atom stereocenters. The van der Waals surface area contributed by atoms with Crippen molar-refractivity contribution >= 4 is 29.3 Å². The van der Waals surface area contributed by atoms with Gasteiger partial charge in [0.05, 0.1) is 6.61 Å². The predicted molar refractivity (Wildman–Crippen MR) is 100 cm³/mol. The minimum Gasteiger partial charge on any atom is -0.387 e. The molecule has 7 N–H and O–H groups in total. The molecule has 0 spiro atoms. The van der Waals surface area contributed by atoms with Crippen molar-refractivity contribution in [3.8, 4) is 0 Å². The number of nitrogens with zero attached hydrogens (tertiary/aromatic N) is 2. The van der Waals surface area contributed by atoms with Crippen LogP contribution in [0.25, 0.3) is 0 Å². The van der Waals surface area contributed by atoms with Gasteiger partial charge >= 0.3 is 23.5 Å². The zero-order valence-electron chi connectivity index (χ0n) is 16.0. The summed E-state index contributed by atoms with van der Waals surface area (Å²) in [6, 6.07) is 0. The van der Waals surface area contributed by atoms with Crippen LogP contribution in [-0.2, 0) is 31.6 Å². The first-order valence-electron chi connectivity index (χ1n) is 8.14. The molecule has 0 aromatic heterocycles. The Balaban J connectivity index is 2.11. The van der Waals surface area contributed by atoms with Crippen LogP contribution in [0.15, 0.2) is 29.2 Å². The van der Waals surface area contributed by atoms with Crippen molar-refractivity contribution in [1.29, 1.82) is 0 Å². The number of amidine groups is 1. The first kappa shape index (κ1) is 26.3. The lowest BCUT2D eigenvalue weighted by Gasteiger charge is -2.32. The highest BCUT2D eigenvalue weighted by atomic mass is 31.3. The number of alkyl halides is 1. The molecule has 0 saturated carbocycles. The van der Waals surface area contributed by atoms with Crippen LogP contribution in [0.3, 0.4) is 0 Å². The van der Waals surface area contributed by atoms with Gasteiger partial charge in [-0.3, -0.25) is 4.52 Å². The fourth-order valence-electron chi connectivity index (χ4n) is 2.60. The highest BCUT2D eigenvalue weighted by Gasteiger charge is 2.56. The Morgan fingerprint density at radius 3 is 2.42 bits per heavy atom. The van der Waals surface area contributed by atoms with Gasteiger partial charge in [-0.2, -0.15) is 8.62 Å². The first-order chi connectivity index (χ1) is 13.9. The number of hydrogen-bond donors (Lipinski definition) is 6. The summed E-state index contributed by atoms with van der Waals surface area (Å²) in [6.45, 7) is 5.23. The zero-order chi connectivity index (χ0) is 24.0. The van der Waals surface area contributed by atoms with Crippen molar-refractivity contribution < 1.29 is 60.6 Å². The fourth-order valence-corrected chi connectivity index (χ4v) is 5.71. The van der Waals surface area contributed by atoms with Gasteiger partial charge in [-0.15, -0.1) is 0 Å². The predicted octanol–water partition coefficient (Wildman–Crippen LogP) is 0.191. The van der Waals surface area contributed by atoms with Crippen LogP contribution >= 0.6 is 23.5 Å². The van der Waals surface area contributed by atoms with E-state index in [1.807, 2.05) is 0 Å². The Bertz CT molecular complexity index is 952. The average Bonchev–Trinajstić information content (AvgIpc) is 2.78. The molecule has 15 nitrogen and oxygen atoms in total. The molecule has 19 heteroatoms. The molecule has 2 rings (SSSR count). The van der Waals surface area contributed by atoms with E-state index in [4.69, 9.17) is 25.2 Å². The molecule has 2 aliphatic heterocycles. The number of aliphatic hydroxyl groups excluding tert-OH is 1. The van der Waals surface area contributed by atoms with E-state index in [2.05, 4.69) is 24.7 Å². The monoisotopic (exact) mass is 511 g/mol. The van der Waals surface area contributed by atoms with Crippen molar-refractivity contribution in [2.75, 3.05) is 6.61 Å². The molecule has 1 saturated heterocycles. The third-order valence-corrected chi connectivity index (χ3v) is 7.86. The highest BCUT2D eigenvalue weighted by molar-refractivity contribution is 7.66. The summed E-state index contributed by atoms with van der Waals surface area (Å²) in [4.78, 5) is 40.7. The molecule has 178 valence electrons. The van der Waals surface area contributed by atoms with E-state index < -0.39 is 54.2 Å². The van der Waals surface area contributed by atoms with Crippen molar-refractivity contribution in [3.05, 3.63) is 24.2 Å². The Labute approximate surface area is 175 Å². The van der Waals surface area contributed by atoms with E-state index in [-0.39, 0.29) is 11.7 Å². The molecule has 0 aliphatic carbocycles. The van der Waals surface area contributed by atoms with Crippen LogP contribution in [-0.4, -0.2) is 66.1 Å². The van der Waals surface area contributed by atoms with Crippen molar-refractivity contribution in [2.45, 2.75) is 38.0 Å². The van der Waals surface area contributed by atoms with E-state index in [9.17, 15) is 28.1 Å². The number of rotatable bonds is 8. The SMILES string of the molecule is C=C1N=C(N)C(C)=CN1[C@@H]1O[C@](C)(COP(=O)(O)OP(=O)(O)OP(=O)(O)O)[C@H](O)C1F. The summed E-state index contributed by atoms with van der Waals surface area (Å²) in [5, 5.41) is 10.2. The molecular weight excluding hydrogens is 490 g/mol. The van der Waals surface area contributed by atoms with Crippen LogP contribution < -0.4 is 5.73 Å². The third-order valence-electron chi connectivity index (χ3n) is 4.08. The van der Waals surface area contributed by atoms with E-state index in [1.165, 1.54) is 6.20 Å². The quantitative estimate of drug-likeness (QED) is 0.239. The lowest BCUT2D eigenvalue weighted by atomic mass is 9.99. The second kappa shape index (κ2) is 8.75. The second-order valence-corrected chi connectivity index (χ2v) is 11.1. The van der Waals surface area contributed by atoms with E-state index in [0.29, 0.717) is 5.57 Å². The Kier molecular flexibility index (Phi) is 7.41. The van der Waals surface area contributed by atoms with Gasteiger partial charge in [0, 0.05) is 11.8 Å². The summed E-state index contributed by atoms with van der Waals surface area (Å²) >= 11 is 0. The van der Waals surface area contributed by atoms with Crippen LogP contribution in [0.2, 0.25) is 0 Å². The highest BCUT2D eigenvalue weighted by Crippen LogP contribution is 2.66. The number of phosphoric acid groups is 3. The number of halogens is 1. The Morgan fingerprint density at radius 1 is 1.29 bits per heavy atom. The smallest absolute Gasteiger partial charge is 0.387 e. The molecule has 31 heavy (non-hydrogen) atoms. The molecule has 0 bridgehead atoms. The van der Waals surface area contributed by atoms with Crippen LogP contribution in [0.1, 0.15) is 13.8 Å². The fraction of sp³-hybridized carbons (Fsp3) is 0.583. The maximum atomic E-state index is 14.8. The van der Waals surface area contributed by atoms with Crippen LogP contribution in [0, 0.1) is 0 Å². The van der Waals surface area contributed by atoms with Gasteiger partial charge in [0.2, 0.25) is 0 Å². The van der Waals surface area contributed by atoms with Gasteiger partial charge in [-0.25, -0.2) is 23.1 Å². The number of phosphoric ester groups is 1. The second-order valence-electron chi connectivity index (χ2n) is 6.71. The Hall–Kier alpha value is -0.990. The first-order valence-corrected chi connectivity index (χ1v) is 12.7. The van der Waals surface area contributed by atoms with Crippen LogP contribution in [0.4, 0.5) is 4.39 Å². The summed E-state index contributed by atoms with van der Waals surface area (Å²) < 4.78 is 65.7. The van der Waals surface area contributed by atoms with Crippen molar-refractivity contribution in [3.63, 3.8) is 0 Å². The molecule has 0 amide bonds. The molecule has 2 heterocycles. The molecule has 1 fully saturated rings. The number of aliphatic imine (C=N–C) groups is 1. The van der Waals surface area contributed by atoms with E-state index >= 15 is 0 Å². The molecular formula is C12H21FN3O12P3. The lowest BCUT2D eigenvalue weighted by molar-refractivity contribution is -0.121. The van der Waals surface area contributed by atoms with E-state index in [1.54, 1.807) is 6.92 Å².